The van der Waals surface area contributed by atoms with Crippen molar-refractivity contribution in [2.24, 2.45) is 7.05 Å². The second kappa shape index (κ2) is 4.34. The summed E-state index contributed by atoms with van der Waals surface area (Å²) in [6, 6.07) is 0. The first-order valence-electron chi connectivity index (χ1n) is 4.29. The molecule has 0 radical (unpaired) electrons. The first-order valence-corrected chi connectivity index (χ1v) is 4.29. The Labute approximate surface area is 78.0 Å². The molecule has 0 aliphatic carbocycles. The number of aromatic nitrogens is 3. The highest BCUT2D eigenvalue weighted by Crippen LogP contribution is 2.00. The maximum Gasteiger partial charge on any atom is 0.146 e. The molecule has 5 nitrogen and oxygen atoms in total. The Balaban J connectivity index is 2.58. The van der Waals surface area contributed by atoms with Crippen molar-refractivity contribution in [3.05, 3.63) is 11.6 Å². The lowest BCUT2D eigenvalue weighted by Gasteiger charge is -2.13. The standard InChI is InChI=1S/C8H16N4O/c1-7-9-10-8(12(7)3)6-11(2)4-5-13/h13H,4-6H2,1-3H3. The van der Waals surface area contributed by atoms with Gasteiger partial charge in [0.25, 0.3) is 0 Å². The van der Waals surface area contributed by atoms with Gasteiger partial charge in [0.1, 0.15) is 11.6 Å². The SMILES string of the molecule is Cc1nnc(CN(C)CCO)n1C. The molecule has 1 heterocycles. The summed E-state index contributed by atoms with van der Waals surface area (Å²) in [6.07, 6.45) is 0. The molecule has 0 aliphatic rings. The van der Waals surface area contributed by atoms with Gasteiger partial charge in [0.05, 0.1) is 13.2 Å². The van der Waals surface area contributed by atoms with E-state index in [0.717, 1.165) is 18.2 Å². The smallest absolute Gasteiger partial charge is 0.146 e. The van der Waals surface area contributed by atoms with Crippen molar-refractivity contribution < 1.29 is 5.11 Å². The van der Waals surface area contributed by atoms with Gasteiger partial charge in [0.15, 0.2) is 0 Å². The molecule has 74 valence electrons. The molecular weight excluding hydrogens is 168 g/mol. The molecule has 0 aromatic carbocycles. The van der Waals surface area contributed by atoms with Crippen molar-refractivity contribution in [3.8, 4) is 0 Å². The van der Waals surface area contributed by atoms with Gasteiger partial charge in [-0.3, -0.25) is 4.90 Å². The average molecular weight is 184 g/mol. The van der Waals surface area contributed by atoms with E-state index in [4.69, 9.17) is 5.11 Å². The van der Waals surface area contributed by atoms with Gasteiger partial charge < -0.3 is 9.67 Å². The molecule has 1 N–H and O–H groups in total. The molecule has 5 heteroatoms. The van der Waals surface area contributed by atoms with Gasteiger partial charge in [-0.1, -0.05) is 0 Å². The Morgan fingerprint density at radius 2 is 2.15 bits per heavy atom. The first kappa shape index (κ1) is 10.1. The van der Waals surface area contributed by atoms with Crippen molar-refractivity contribution in [1.29, 1.82) is 0 Å². The van der Waals surface area contributed by atoms with Crippen LogP contribution < -0.4 is 0 Å². The van der Waals surface area contributed by atoms with Gasteiger partial charge in [0.2, 0.25) is 0 Å². The molecule has 0 amide bonds. The monoisotopic (exact) mass is 184 g/mol. The Morgan fingerprint density at radius 3 is 2.62 bits per heavy atom. The van der Waals surface area contributed by atoms with Crippen molar-refractivity contribution in [2.45, 2.75) is 13.5 Å². The Bertz CT molecular complexity index is 271. The fourth-order valence-electron chi connectivity index (χ4n) is 1.08. The number of aliphatic hydroxyl groups excluding tert-OH is 1. The van der Waals surface area contributed by atoms with Gasteiger partial charge in [-0.25, -0.2) is 0 Å². The van der Waals surface area contributed by atoms with Crippen LogP contribution in [0.1, 0.15) is 11.6 Å². The zero-order valence-corrected chi connectivity index (χ0v) is 8.36. The molecule has 0 saturated heterocycles. The summed E-state index contributed by atoms with van der Waals surface area (Å²) < 4.78 is 1.95. The highest BCUT2D eigenvalue weighted by Gasteiger charge is 2.06. The lowest BCUT2D eigenvalue weighted by atomic mass is 10.5. The number of nitrogens with zero attached hydrogens (tertiary/aromatic N) is 4. The van der Waals surface area contributed by atoms with Gasteiger partial charge >= 0.3 is 0 Å². The summed E-state index contributed by atoms with van der Waals surface area (Å²) in [6.45, 7) is 3.47. The topological polar surface area (TPSA) is 54.2 Å². The summed E-state index contributed by atoms with van der Waals surface area (Å²) in [5.74, 6) is 1.83. The summed E-state index contributed by atoms with van der Waals surface area (Å²) in [5.41, 5.74) is 0. The molecule has 0 saturated carbocycles. The molecule has 0 unspecified atom stereocenters. The van der Waals surface area contributed by atoms with Crippen molar-refractivity contribution in [1.82, 2.24) is 19.7 Å². The molecule has 0 fully saturated rings. The molecule has 0 aliphatic heterocycles. The van der Waals surface area contributed by atoms with E-state index in [-0.39, 0.29) is 6.61 Å². The summed E-state index contributed by atoms with van der Waals surface area (Å²) >= 11 is 0. The molecule has 1 aromatic rings. The van der Waals surface area contributed by atoms with Crippen LogP contribution in [0.4, 0.5) is 0 Å². The number of hydrogen-bond donors (Lipinski definition) is 1. The summed E-state index contributed by atoms with van der Waals surface area (Å²) in [5, 5.41) is 16.7. The van der Waals surface area contributed by atoms with E-state index in [1.165, 1.54) is 0 Å². The normalized spacial score (nSPS) is 11.2. The summed E-state index contributed by atoms with van der Waals surface area (Å²) in [7, 11) is 3.89. The predicted octanol–water partition coefficient (Wildman–Crippen LogP) is -0.452. The zero-order chi connectivity index (χ0) is 9.84. The van der Waals surface area contributed by atoms with E-state index >= 15 is 0 Å². The Morgan fingerprint density at radius 1 is 1.46 bits per heavy atom. The fourth-order valence-corrected chi connectivity index (χ4v) is 1.08. The second-order valence-corrected chi connectivity index (χ2v) is 3.18. The molecule has 0 spiro atoms. The number of hydrogen-bond acceptors (Lipinski definition) is 4. The number of rotatable bonds is 4. The van der Waals surface area contributed by atoms with Crippen LogP contribution in [0.3, 0.4) is 0 Å². The van der Waals surface area contributed by atoms with E-state index in [1.54, 1.807) is 0 Å². The lowest BCUT2D eigenvalue weighted by molar-refractivity contribution is 0.213. The van der Waals surface area contributed by atoms with E-state index in [0.29, 0.717) is 6.54 Å². The van der Waals surface area contributed by atoms with Crippen LogP contribution in [0.15, 0.2) is 0 Å². The van der Waals surface area contributed by atoms with E-state index in [1.807, 2.05) is 30.5 Å². The molecule has 1 rings (SSSR count). The highest BCUT2D eigenvalue weighted by molar-refractivity contribution is 4.91. The molecule has 0 atom stereocenters. The number of likely N-dealkylation sites (N-methyl/N-ethyl adjacent to an activating group) is 1. The minimum Gasteiger partial charge on any atom is -0.395 e. The Kier molecular flexibility index (Phi) is 3.39. The third-order valence-electron chi connectivity index (χ3n) is 2.08. The van der Waals surface area contributed by atoms with Crippen LogP contribution in [0.25, 0.3) is 0 Å². The predicted molar refractivity (Wildman–Crippen MR) is 49.2 cm³/mol. The maximum atomic E-state index is 8.70. The van der Waals surface area contributed by atoms with Crippen LogP contribution in [0, 0.1) is 6.92 Å². The molecular formula is C8H16N4O. The van der Waals surface area contributed by atoms with E-state index in [9.17, 15) is 0 Å². The summed E-state index contributed by atoms with van der Waals surface area (Å²) in [4.78, 5) is 2.00. The molecule has 0 bridgehead atoms. The largest absolute Gasteiger partial charge is 0.395 e. The quantitative estimate of drug-likeness (QED) is 0.688. The van der Waals surface area contributed by atoms with Crippen LogP contribution in [0.2, 0.25) is 0 Å². The van der Waals surface area contributed by atoms with Crippen LogP contribution in [-0.4, -0.2) is 45.0 Å². The third-order valence-corrected chi connectivity index (χ3v) is 2.08. The van der Waals surface area contributed by atoms with Crippen molar-refractivity contribution in [3.63, 3.8) is 0 Å². The van der Waals surface area contributed by atoms with Gasteiger partial charge in [-0.05, 0) is 14.0 Å². The molecule has 13 heavy (non-hydrogen) atoms. The zero-order valence-electron chi connectivity index (χ0n) is 8.36. The fraction of sp³-hybridized carbons (Fsp3) is 0.750. The molecule has 1 aromatic heterocycles. The minimum absolute atomic E-state index is 0.174. The Hall–Kier alpha value is -0.940. The first-order chi connectivity index (χ1) is 6.15. The van der Waals surface area contributed by atoms with Crippen molar-refractivity contribution >= 4 is 0 Å². The third kappa shape index (κ3) is 2.50. The van der Waals surface area contributed by atoms with Crippen molar-refractivity contribution in [2.75, 3.05) is 20.2 Å². The maximum absolute atomic E-state index is 8.70. The van der Waals surface area contributed by atoms with E-state index in [2.05, 4.69) is 10.2 Å². The lowest BCUT2D eigenvalue weighted by Crippen LogP contribution is -2.23. The van der Waals surface area contributed by atoms with Crippen LogP contribution >= 0.6 is 0 Å². The van der Waals surface area contributed by atoms with Gasteiger partial charge in [0, 0.05) is 13.6 Å². The van der Waals surface area contributed by atoms with Gasteiger partial charge in [-0.2, -0.15) is 0 Å². The average Bonchev–Trinajstić information content (AvgIpc) is 2.37. The van der Waals surface area contributed by atoms with Crippen LogP contribution in [-0.2, 0) is 13.6 Å². The number of aliphatic hydroxyl groups is 1. The van der Waals surface area contributed by atoms with E-state index < -0.39 is 0 Å². The van der Waals surface area contributed by atoms with Crippen LogP contribution in [0.5, 0.6) is 0 Å². The minimum atomic E-state index is 0.174. The van der Waals surface area contributed by atoms with Gasteiger partial charge in [-0.15, -0.1) is 10.2 Å². The number of aryl methyl sites for hydroxylation is 1. The highest BCUT2D eigenvalue weighted by atomic mass is 16.3. The second-order valence-electron chi connectivity index (χ2n) is 3.18.